The Morgan fingerprint density at radius 1 is 1.24 bits per heavy atom. The molecule has 25 heavy (non-hydrogen) atoms. The van der Waals surface area contributed by atoms with Crippen LogP contribution in [0, 0.1) is 5.92 Å². The zero-order chi connectivity index (χ0) is 18.0. The van der Waals surface area contributed by atoms with Crippen molar-refractivity contribution in [2.45, 2.75) is 25.4 Å². The summed E-state index contributed by atoms with van der Waals surface area (Å²) in [7, 11) is 0. The van der Waals surface area contributed by atoms with Gasteiger partial charge >= 0.3 is 11.7 Å². The van der Waals surface area contributed by atoms with E-state index in [4.69, 9.17) is 0 Å². The van der Waals surface area contributed by atoms with Crippen LogP contribution >= 0.6 is 0 Å². The first-order valence-electron chi connectivity index (χ1n) is 7.88. The molecule has 1 aromatic carbocycles. The van der Waals surface area contributed by atoms with Gasteiger partial charge in [-0.25, -0.2) is 9.59 Å². The molecule has 0 bridgehead atoms. The van der Waals surface area contributed by atoms with Gasteiger partial charge in [-0.2, -0.15) is 0 Å². The standard InChI is InChI=1S/C17H17N3O5/c21-14(11-6-7-11)18-13(16(23)24)9-20-8-12(15(22)19-17(20)25)10-4-2-1-3-5-10/h1-5,8,11,13H,6-7,9H2,(H,18,21)(H,23,24)(H,19,22,25)/t13-/m0/s1. The van der Waals surface area contributed by atoms with Gasteiger partial charge in [-0.3, -0.25) is 19.1 Å². The topological polar surface area (TPSA) is 121 Å². The van der Waals surface area contributed by atoms with Crippen molar-refractivity contribution in [2.75, 3.05) is 0 Å². The van der Waals surface area contributed by atoms with Crippen molar-refractivity contribution in [3.63, 3.8) is 0 Å². The Morgan fingerprint density at radius 3 is 2.52 bits per heavy atom. The Balaban J connectivity index is 1.90. The van der Waals surface area contributed by atoms with E-state index in [9.17, 15) is 24.3 Å². The van der Waals surface area contributed by atoms with E-state index in [1.807, 2.05) is 0 Å². The van der Waals surface area contributed by atoms with Crippen LogP contribution in [-0.4, -0.2) is 32.6 Å². The van der Waals surface area contributed by atoms with Gasteiger partial charge in [0.25, 0.3) is 5.56 Å². The summed E-state index contributed by atoms with van der Waals surface area (Å²) in [6, 6.07) is 7.47. The first-order chi connectivity index (χ1) is 12.0. The van der Waals surface area contributed by atoms with Crippen LogP contribution in [0.1, 0.15) is 12.8 Å². The van der Waals surface area contributed by atoms with Crippen molar-refractivity contribution in [3.8, 4) is 11.1 Å². The summed E-state index contributed by atoms with van der Waals surface area (Å²) < 4.78 is 1.09. The highest BCUT2D eigenvalue weighted by molar-refractivity contribution is 5.86. The van der Waals surface area contributed by atoms with E-state index in [1.54, 1.807) is 30.3 Å². The minimum Gasteiger partial charge on any atom is -0.480 e. The lowest BCUT2D eigenvalue weighted by atomic mass is 10.1. The van der Waals surface area contributed by atoms with E-state index in [2.05, 4.69) is 10.3 Å². The number of aliphatic carboxylic acids is 1. The predicted molar refractivity (Wildman–Crippen MR) is 89.0 cm³/mol. The highest BCUT2D eigenvalue weighted by atomic mass is 16.4. The number of benzene rings is 1. The molecule has 8 nitrogen and oxygen atoms in total. The number of aromatic amines is 1. The summed E-state index contributed by atoms with van der Waals surface area (Å²) in [6.07, 6.45) is 2.81. The number of aromatic nitrogens is 2. The number of hydrogen-bond donors (Lipinski definition) is 3. The quantitative estimate of drug-likeness (QED) is 0.691. The average molecular weight is 343 g/mol. The number of rotatable bonds is 6. The first kappa shape index (κ1) is 16.7. The van der Waals surface area contributed by atoms with Crippen LogP contribution in [-0.2, 0) is 16.1 Å². The number of carboxylic acids is 1. The van der Waals surface area contributed by atoms with E-state index < -0.39 is 23.3 Å². The molecule has 0 spiro atoms. The van der Waals surface area contributed by atoms with Crippen molar-refractivity contribution in [1.82, 2.24) is 14.9 Å². The van der Waals surface area contributed by atoms with E-state index >= 15 is 0 Å². The molecule has 0 aliphatic heterocycles. The van der Waals surface area contributed by atoms with E-state index in [1.165, 1.54) is 6.20 Å². The van der Waals surface area contributed by atoms with E-state index in [-0.39, 0.29) is 23.9 Å². The molecular weight excluding hydrogens is 326 g/mol. The van der Waals surface area contributed by atoms with Crippen LogP contribution in [0.5, 0.6) is 0 Å². The van der Waals surface area contributed by atoms with Crippen molar-refractivity contribution in [2.24, 2.45) is 5.92 Å². The highest BCUT2D eigenvalue weighted by Crippen LogP contribution is 2.28. The molecule has 1 amide bonds. The fraction of sp³-hybridized carbons (Fsp3) is 0.294. The SMILES string of the molecule is O=C(N[C@@H](Cn1cc(-c2ccccc2)c(=O)[nH]c1=O)C(=O)O)C1CC1. The molecular formula is C17H17N3O5. The molecule has 130 valence electrons. The third-order valence-electron chi connectivity index (χ3n) is 4.04. The van der Waals surface area contributed by atoms with Crippen LogP contribution in [0.3, 0.4) is 0 Å². The molecule has 1 aliphatic rings. The Bertz CT molecular complexity index is 912. The molecule has 0 unspecified atom stereocenters. The minimum absolute atomic E-state index is 0.144. The van der Waals surface area contributed by atoms with Gasteiger partial charge in [-0.1, -0.05) is 30.3 Å². The number of nitrogens with one attached hydrogen (secondary N) is 2. The molecule has 3 N–H and O–H groups in total. The van der Waals surface area contributed by atoms with Crippen LogP contribution in [0.2, 0.25) is 0 Å². The molecule has 0 saturated heterocycles. The molecule has 8 heteroatoms. The van der Waals surface area contributed by atoms with Crippen LogP contribution in [0.25, 0.3) is 11.1 Å². The number of H-pyrrole nitrogens is 1. The summed E-state index contributed by atoms with van der Waals surface area (Å²) in [5, 5.41) is 11.8. The number of carbonyl (C=O) groups excluding carboxylic acids is 1. The van der Waals surface area contributed by atoms with Gasteiger partial charge in [0.05, 0.1) is 12.1 Å². The van der Waals surface area contributed by atoms with Crippen LogP contribution in [0.4, 0.5) is 0 Å². The maximum absolute atomic E-state index is 12.0. The predicted octanol–water partition coefficient (Wildman–Crippen LogP) is 0.183. The zero-order valence-corrected chi connectivity index (χ0v) is 13.3. The van der Waals surface area contributed by atoms with E-state index in [0.29, 0.717) is 5.56 Å². The maximum atomic E-state index is 12.0. The fourth-order valence-corrected chi connectivity index (χ4v) is 2.49. The minimum atomic E-state index is -1.25. The van der Waals surface area contributed by atoms with Gasteiger partial charge in [0.2, 0.25) is 5.91 Å². The van der Waals surface area contributed by atoms with Crippen LogP contribution < -0.4 is 16.6 Å². The molecule has 3 rings (SSSR count). The first-order valence-corrected chi connectivity index (χ1v) is 7.88. The van der Waals surface area contributed by atoms with Crippen molar-refractivity contribution < 1.29 is 14.7 Å². The van der Waals surface area contributed by atoms with Crippen molar-refractivity contribution in [3.05, 3.63) is 57.4 Å². The Kier molecular flexibility index (Phi) is 4.51. The number of hydrogen-bond acceptors (Lipinski definition) is 4. The Labute approximate surface area is 142 Å². The molecule has 0 radical (unpaired) electrons. The average Bonchev–Trinajstić information content (AvgIpc) is 3.42. The Morgan fingerprint density at radius 2 is 1.92 bits per heavy atom. The second-order valence-corrected chi connectivity index (χ2v) is 5.99. The molecule has 1 fully saturated rings. The van der Waals surface area contributed by atoms with E-state index in [0.717, 1.165) is 17.4 Å². The third kappa shape index (κ3) is 3.85. The lowest BCUT2D eigenvalue weighted by Gasteiger charge is -2.16. The molecule has 1 aliphatic carbocycles. The van der Waals surface area contributed by atoms with Gasteiger partial charge < -0.3 is 10.4 Å². The largest absolute Gasteiger partial charge is 0.480 e. The highest BCUT2D eigenvalue weighted by Gasteiger charge is 2.32. The molecule has 1 heterocycles. The monoisotopic (exact) mass is 343 g/mol. The third-order valence-corrected chi connectivity index (χ3v) is 4.04. The molecule has 1 atom stereocenters. The maximum Gasteiger partial charge on any atom is 0.328 e. The van der Waals surface area contributed by atoms with Crippen molar-refractivity contribution >= 4 is 11.9 Å². The van der Waals surface area contributed by atoms with Crippen LogP contribution in [0.15, 0.2) is 46.1 Å². The summed E-state index contributed by atoms with van der Waals surface area (Å²) in [6.45, 7) is -0.275. The van der Waals surface area contributed by atoms with Crippen molar-refractivity contribution in [1.29, 1.82) is 0 Å². The second kappa shape index (κ2) is 6.76. The van der Waals surface area contributed by atoms with Gasteiger partial charge in [-0.15, -0.1) is 0 Å². The normalized spacial score (nSPS) is 14.7. The summed E-state index contributed by atoms with van der Waals surface area (Å²) in [5.74, 6) is -1.71. The Hall–Kier alpha value is -3.16. The number of amides is 1. The fourth-order valence-electron chi connectivity index (χ4n) is 2.49. The van der Waals surface area contributed by atoms with Gasteiger partial charge in [0.15, 0.2) is 0 Å². The molecule has 1 aromatic heterocycles. The van der Waals surface area contributed by atoms with Gasteiger partial charge in [0, 0.05) is 12.1 Å². The van der Waals surface area contributed by atoms with Gasteiger partial charge in [0.1, 0.15) is 6.04 Å². The second-order valence-electron chi connectivity index (χ2n) is 5.99. The molecule has 1 saturated carbocycles. The number of carboxylic acid groups (broad SMARTS) is 1. The number of nitrogens with zero attached hydrogens (tertiary/aromatic N) is 1. The number of carbonyl (C=O) groups is 2. The van der Waals surface area contributed by atoms with Gasteiger partial charge in [-0.05, 0) is 18.4 Å². The summed E-state index contributed by atoms with van der Waals surface area (Å²) in [4.78, 5) is 49.5. The summed E-state index contributed by atoms with van der Waals surface area (Å²) in [5.41, 5.74) is -0.429. The molecule has 2 aromatic rings. The summed E-state index contributed by atoms with van der Waals surface area (Å²) >= 11 is 0. The smallest absolute Gasteiger partial charge is 0.328 e. The lowest BCUT2D eigenvalue weighted by molar-refractivity contribution is -0.142. The zero-order valence-electron chi connectivity index (χ0n) is 13.3. The lowest BCUT2D eigenvalue weighted by Crippen LogP contribution is -2.46.